The number of carbonyl (C=O) groups excluding carboxylic acids is 1. The Morgan fingerprint density at radius 3 is 2.20 bits per heavy atom. The van der Waals surface area contributed by atoms with E-state index in [4.69, 9.17) is 0 Å². The summed E-state index contributed by atoms with van der Waals surface area (Å²) in [4.78, 5) is 10.9. The molecule has 1 atom stereocenters. The fraction of sp³-hybridized carbons (Fsp3) is 0.500. The van der Waals surface area contributed by atoms with Gasteiger partial charge in [-0.1, -0.05) is 6.08 Å². The first kappa shape index (κ1) is 9.36. The number of hydrogen-bond acceptors (Lipinski definition) is 3. The van der Waals surface area contributed by atoms with Crippen LogP contribution in [0.15, 0.2) is 11.0 Å². The quantitative estimate of drug-likeness (QED) is 0.437. The van der Waals surface area contributed by atoms with Crippen LogP contribution in [0.2, 0.25) is 0 Å². The summed E-state index contributed by atoms with van der Waals surface area (Å²) in [5.74, 6) is -0.525. The third-order valence-electron chi connectivity index (χ3n) is 0.958. The molecule has 10 heavy (non-hydrogen) atoms. The lowest BCUT2D eigenvalue weighted by Crippen LogP contribution is -2.08. The van der Waals surface area contributed by atoms with Crippen molar-refractivity contribution in [3.8, 4) is 0 Å². The summed E-state index contributed by atoms with van der Waals surface area (Å²) in [7, 11) is 0.0158. The fourth-order valence-corrected chi connectivity index (χ4v) is 1.15. The Balaban J connectivity index is 4.39. The normalized spacial score (nSPS) is 14.5. The molecule has 58 valence electrons. The summed E-state index contributed by atoms with van der Waals surface area (Å²) in [6.07, 6.45) is 2.92. The molecule has 4 heteroatoms. The molecule has 0 amide bonds. The van der Waals surface area contributed by atoms with E-state index in [2.05, 4.69) is 4.74 Å². The molecular formula is C6H10O3S. The molecule has 0 aliphatic heterocycles. The lowest BCUT2D eigenvalue weighted by Gasteiger charge is -1.98. The van der Waals surface area contributed by atoms with Gasteiger partial charge in [-0.3, -0.25) is 4.21 Å². The molecule has 0 aromatic rings. The van der Waals surface area contributed by atoms with Crippen LogP contribution in [0.5, 0.6) is 0 Å². The summed E-state index contributed by atoms with van der Waals surface area (Å²) < 4.78 is 15.1. The van der Waals surface area contributed by atoms with E-state index in [0.717, 1.165) is 0 Å². The van der Waals surface area contributed by atoms with Crippen molar-refractivity contribution >= 4 is 16.8 Å². The highest BCUT2D eigenvalue weighted by Crippen LogP contribution is 2.00. The molecule has 0 aromatic carbocycles. The molecule has 0 aliphatic rings. The van der Waals surface area contributed by atoms with Gasteiger partial charge < -0.3 is 4.74 Å². The predicted molar refractivity (Wildman–Crippen MR) is 39.8 cm³/mol. The molecule has 0 saturated carbocycles. The van der Waals surface area contributed by atoms with Gasteiger partial charge >= 0.3 is 5.97 Å². The smallest absolute Gasteiger partial charge is 0.346 e. The molecule has 1 unspecified atom stereocenters. The molecule has 0 spiro atoms. The number of rotatable bonds is 2. The maximum atomic E-state index is 10.7. The Morgan fingerprint density at radius 2 is 2.10 bits per heavy atom. The van der Waals surface area contributed by atoms with Crippen LogP contribution in [0.3, 0.4) is 0 Å². The van der Waals surface area contributed by atoms with Gasteiger partial charge in [0, 0.05) is 6.26 Å². The molecule has 0 radical (unpaired) electrons. The van der Waals surface area contributed by atoms with Crippen molar-refractivity contribution in [1.82, 2.24) is 0 Å². The van der Waals surface area contributed by atoms with E-state index in [-0.39, 0.29) is 4.91 Å². The van der Waals surface area contributed by atoms with Gasteiger partial charge in [-0.2, -0.15) is 0 Å². The van der Waals surface area contributed by atoms with Gasteiger partial charge in [0.1, 0.15) is 4.91 Å². The van der Waals surface area contributed by atoms with Gasteiger partial charge in [0.2, 0.25) is 0 Å². The maximum absolute atomic E-state index is 10.7. The Kier molecular flexibility index (Phi) is 3.95. The van der Waals surface area contributed by atoms with E-state index in [0.29, 0.717) is 0 Å². The number of methoxy groups -OCH3 is 1. The molecule has 0 fully saturated rings. The van der Waals surface area contributed by atoms with Crippen LogP contribution in [0.1, 0.15) is 6.92 Å². The SMILES string of the molecule is C/C=C(\C(=O)OC)S(C)=O. The van der Waals surface area contributed by atoms with Crippen LogP contribution in [0, 0.1) is 0 Å². The Labute approximate surface area is 62.5 Å². The van der Waals surface area contributed by atoms with E-state index in [9.17, 15) is 9.00 Å². The zero-order valence-corrected chi connectivity index (χ0v) is 7.03. The lowest BCUT2D eigenvalue weighted by atomic mass is 10.5. The summed E-state index contributed by atoms with van der Waals surface area (Å²) >= 11 is 0. The second-order valence-electron chi connectivity index (χ2n) is 1.60. The number of hydrogen-bond donors (Lipinski definition) is 0. The van der Waals surface area contributed by atoms with Gasteiger partial charge in [-0.05, 0) is 6.92 Å². The van der Waals surface area contributed by atoms with E-state index < -0.39 is 16.8 Å². The molecular weight excluding hydrogens is 152 g/mol. The van der Waals surface area contributed by atoms with Gasteiger partial charge in [0.05, 0.1) is 17.9 Å². The summed E-state index contributed by atoms with van der Waals surface area (Å²) in [5, 5.41) is 0. The van der Waals surface area contributed by atoms with Crippen molar-refractivity contribution in [3.05, 3.63) is 11.0 Å². The van der Waals surface area contributed by atoms with Crippen molar-refractivity contribution in [2.75, 3.05) is 13.4 Å². The molecule has 3 nitrogen and oxygen atoms in total. The fourth-order valence-electron chi connectivity index (χ4n) is 0.502. The Bertz CT molecular complexity index is 183. The first-order valence-electron chi connectivity index (χ1n) is 2.71. The van der Waals surface area contributed by atoms with E-state index in [1.807, 2.05) is 0 Å². The second-order valence-corrected chi connectivity index (χ2v) is 2.95. The molecule has 0 aliphatic carbocycles. The second kappa shape index (κ2) is 4.22. The topological polar surface area (TPSA) is 43.4 Å². The summed E-state index contributed by atoms with van der Waals surface area (Å²) in [6.45, 7) is 1.65. The number of carbonyl (C=O) groups is 1. The predicted octanol–water partition coefficient (Wildman–Crippen LogP) is 0.442. The molecule has 0 heterocycles. The van der Waals surface area contributed by atoms with Crippen molar-refractivity contribution in [2.45, 2.75) is 6.92 Å². The average Bonchev–Trinajstić information content (AvgIpc) is 1.88. The standard InChI is InChI=1S/C6H10O3S/c1-4-5(10(3)8)6(7)9-2/h4H,1-3H3/b5-4+. The Morgan fingerprint density at radius 1 is 1.60 bits per heavy atom. The van der Waals surface area contributed by atoms with Gasteiger partial charge in [-0.25, -0.2) is 4.79 Å². The highest BCUT2D eigenvalue weighted by atomic mass is 32.2. The van der Waals surface area contributed by atoms with Crippen LogP contribution in [-0.2, 0) is 20.3 Å². The van der Waals surface area contributed by atoms with Crippen LogP contribution in [-0.4, -0.2) is 23.5 Å². The van der Waals surface area contributed by atoms with Crippen molar-refractivity contribution in [1.29, 1.82) is 0 Å². The minimum absolute atomic E-state index is 0.211. The van der Waals surface area contributed by atoms with Crippen LogP contribution in [0.25, 0.3) is 0 Å². The monoisotopic (exact) mass is 162 g/mol. The van der Waals surface area contributed by atoms with Crippen LogP contribution >= 0.6 is 0 Å². The average molecular weight is 162 g/mol. The zero-order valence-electron chi connectivity index (χ0n) is 6.21. The van der Waals surface area contributed by atoms with Gasteiger partial charge in [0.25, 0.3) is 0 Å². The molecule has 0 aromatic heterocycles. The molecule has 0 rings (SSSR count). The number of allylic oxidation sites excluding steroid dienone is 1. The van der Waals surface area contributed by atoms with E-state index >= 15 is 0 Å². The van der Waals surface area contributed by atoms with Crippen molar-refractivity contribution in [2.24, 2.45) is 0 Å². The number of esters is 1. The van der Waals surface area contributed by atoms with Crippen LogP contribution < -0.4 is 0 Å². The Hall–Kier alpha value is -0.640. The first-order chi connectivity index (χ1) is 4.63. The minimum Gasteiger partial charge on any atom is -0.465 e. The van der Waals surface area contributed by atoms with E-state index in [1.165, 1.54) is 19.4 Å². The molecule has 0 bridgehead atoms. The summed E-state index contributed by atoms with van der Waals surface area (Å²) in [5.41, 5.74) is 0. The maximum Gasteiger partial charge on any atom is 0.346 e. The van der Waals surface area contributed by atoms with Gasteiger partial charge in [-0.15, -0.1) is 0 Å². The third-order valence-corrected chi connectivity index (χ3v) is 1.98. The minimum atomic E-state index is -1.25. The van der Waals surface area contributed by atoms with Gasteiger partial charge in [0.15, 0.2) is 0 Å². The highest BCUT2D eigenvalue weighted by Gasteiger charge is 2.10. The molecule has 0 saturated heterocycles. The molecule has 0 N–H and O–H groups in total. The largest absolute Gasteiger partial charge is 0.465 e. The third kappa shape index (κ3) is 2.31. The first-order valence-corrected chi connectivity index (χ1v) is 4.27. The lowest BCUT2D eigenvalue weighted by molar-refractivity contribution is -0.135. The zero-order chi connectivity index (χ0) is 8.15. The van der Waals surface area contributed by atoms with Crippen molar-refractivity contribution < 1.29 is 13.7 Å². The van der Waals surface area contributed by atoms with E-state index in [1.54, 1.807) is 6.92 Å². The van der Waals surface area contributed by atoms with Crippen molar-refractivity contribution in [3.63, 3.8) is 0 Å². The summed E-state index contributed by atoms with van der Waals surface area (Å²) in [6, 6.07) is 0. The highest BCUT2D eigenvalue weighted by molar-refractivity contribution is 7.89. The van der Waals surface area contributed by atoms with Crippen LogP contribution in [0.4, 0.5) is 0 Å². The number of ether oxygens (including phenoxy) is 1.